The second kappa shape index (κ2) is 6.61. The number of anilines is 1. The SMILES string of the molecule is COc1ccc(CNc2ccc(F)cc2OC)cc1Br. The maximum atomic E-state index is 13.1. The van der Waals surface area contributed by atoms with Crippen LogP contribution in [0.2, 0.25) is 0 Å². The van der Waals surface area contributed by atoms with Gasteiger partial charge in [0.2, 0.25) is 0 Å². The average Bonchev–Trinajstić information content (AvgIpc) is 2.46. The zero-order valence-electron chi connectivity index (χ0n) is 11.2. The highest BCUT2D eigenvalue weighted by Gasteiger charge is 2.05. The van der Waals surface area contributed by atoms with Gasteiger partial charge in [0.15, 0.2) is 0 Å². The fourth-order valence-corrected chi connectivity index (χ4v) is 2.42. The standard InChI is InChI=1S/C15H15BrFNO2/c1-19-14-6-3-10(7-12(14)16)9-18-13-5-4-11(17)8-15(13)20-2/h3-8,18H,9H2,1-2H3. The van der Waals surface area contributed by atoms with E-state index in [1.54, 1.807) is 13.2 Å². The largest absolute Gasteiger partial charge is 0.496 e. The maximum Gasteiger partial charge on any atom is 0.144 e. The van der Waals surface area contributed by atoms with Crippen molar-refractivity contribution < 1.29 is 13.9 Å². The highest BCUT2D eigenvalue weighted by atomic mass is 79.9. The van der Waals surface area contributed by atoms with Crippen LogP contribution in [0.3, 0.4) is 0 Å². The molecule has 0 atom stereocenters. The minimum Gasteiger partial charge on any atom is -0.496 e. The van der Waals surface area contributed by atoms with E-state index in [2.05, 4.69) is 21.2 Å². The summed E-state index contributed by atoms with van der Waals surface area (Å²) in [6, 6.07) is 10.2. The first-order valence-corrected chi connectivity index (χ1v) is 6.83. The molecular formula is C15H15BrFNO2. The number of ether oxygens (including phenoxy) is 2. The predicted octanol–water partition coefficient (Wildman–Crippen LogP) is 4.22. The molecule has 0 radical (unpaired) electrons. The number of nitrogens with one attached hydrogen (secondary N) is 1. The highest BCUT2D eigenvalue weighted by molar-refractivity contribution is 9.10. The predicted molar refractivity (Wildman–Crippen MR) is 81.0 cm³/mol. The zero-order chi connectivity index (χ0) is 14.5. The van der Waals surface area contributed by atoms with Gasteiger partial charge in [0, 0.05) is 12.6 Å². The van der Waals surface area contributed by atoms with Gasteiger partial charge in [-0.1, -0.05) is 6.07 Å². The number of halogens is 2. The molecule has 0 amide bonds. The fourth-order valence-electron chi connectivity index (χ4n) is 1.83. The molecule has 0 saturated heterocycles. The Kier molecular flexibility index (Phi) is 4.84. The number of rotatable bonds is 5. The van der Waals surface area contributed by atoms with E-state index in [0.717, 1.165) is 21.5 Å². The van der Waals surface area contributed by atoms with Gasteiger partial charge in [-0.25, -0.2) is 4.39 Å². The molecule has 0 aliphatic rings. The summed E-state index contributed by atoms with van der Waals surface area (Å²) in [6.45, 7) is 0.602. The van der Waals surface area contributed by atoms with Crippen LogP contribution in [0.4, 0.5) is 10.1 Å². The minimum atomic E-state index is -0.320. The monoisotopic (exact) mass is 339 g/mol. The van der Waals surface area contributed by atoms with E-state index in [0.29, 0.717) is 12.3 Å². The molecule has 3 nitrogen and oxygen atoms in total. The lowest BCUT2D eigenvalue weighted by molar-refractivity contribution is 0.412. The van der Waals surface area contributed by atoms with Crippen LogP contribution in [0.5, 0.6) is 11.5 Å². The quantitative estimate of drug-likeness (QED) is 0.884. The van der Waals surface area contributed by atoms with Gasteiger partial charge in [-0.05, 0) is 45.8 Å². The van der Waals surface area contributed by atoms with E-state index in [1.165, 1.54) is 19.2 Å². The van der Waals surface area contributed by atoms with Gasteiger partial charge in [-0.2, -0.15) is 0 Å². The molecule has 0 aromatic heterocycles. The second-order valence-electron chi connectivity index (χ2n) is 4.17. The van der Waals surface area contributed by atoms with E-state index in [9.17, 15) is 4.39 Å². The maximum absolute atomic E-state index is 13.1. The van der Waals surface area contributed by atoms with Crippen molar-refractivity contribution in [1.82, 2.24) is 0 Å². The summed E-state index contributed by atoms with van der Waals surface area (Å²) in [5.74, 6) is 0.949. The van der Waals surface area contributed by atoms with E-state index in [-0.39, 0.29) is 5.82 Å². The molecule has 106 valence electrons. The Labute approximate surface area is 125 Å². The Morgan fingerprint density at radius 1 is 1.05 bits per heavy atom. The van der Waals surface area contributed by atoms with Crippen LogP contribution in [-0.2, 0) is 6.54 Å². The molecule has 1 N–H and O–H groups in total. The summed E-state index contributed by atoms with van der Waals surface area (Å²) >= 11 is 3.44. The normalized spacial score (nSPS) is 10.2. The van der Waals surface area contributed by atoms with Gasteiger partial charge < -0.3 is 14.8 Å². The number of hydrogen-bond acceptors (Lipinski definition) is 3. The second-order valence-corrected chi connectivity index (χ2v) is 5.02. The Balaban J connectivity index is 2.10. The molecule has 20 heavy (non-hydrogen) atoms. The van der Waals surface area contributed by atoms with Crippen LogP contribution in [0.1, 0.15) is 5.56 Å². The molecule has 0 aliphatic carbocycles. The zero-order valence-corrected chi connectivity index (χ0v) is 12.8. The van der Waals surface area contributed by atoms with E-state index in [1.807, 2.05) is 18.2 Å². The topological polar surface area (TPSA) is 30.5 Å². The lowest BCUT2D eigenvalue weighted by Gasteiger charge is -2.12. The van der Waals surface area contributed by atoms with Gasteiger partial charge in [0.25, 0.3) is 0 Å². The summed E-state index contributed by atoms with van der Waals surface area (Å²) in [5.41, 5.74) is 1.82. The Bertz CT molecular complexity index is 604. The Morgan fingerprint density at radius 2 is 1.80 bits per heavy atom. The third kappa shape index (κ3) is 3.42. The first-order valence-electron chi connectivity index (χ1n) is 6.04. The lowest BCUT2D eigenvalue weighted by Crippen LogP contribution is -2.02. The van der Waals surface area contributed by atoms with Crippen LogP contribution < -0.4 is 14.8 Å². The molecule has 0 heterocycles. The molecule has 2 rings (SSSR count). The van der Waals surface area contributed by atoms with Crippen LogP contribution in [-0.4, -0.2) is 14.2 Å². The van der Waals surface area contributed by atoms with E-state index in [4.69, 9.17) is 9.47 Å². The summed E-state index contributed by atoms with van der Waals surface area (Å²) in [4.78, 5) is 0. The van der Waals surface area contributed by atoms with Crippen LogP contribution in [0.25, 0.3) is 0 Å². The van der Waals surface area contributed by atoms with Crippen LogP contribution >= 0.6 is 15.9 Å². The van der Waals surface area contributed by atoms with Gasteiger partial charge >= 0.3 is 0 Å². The molecule has 5 heteroatoms. The Hall–Kier alpha value is -1.75. The van der Waals surface area contributed by atoms with Crippen LogP contribution in [0.15, 0.2) is 40.9 Å². The molecule has 0 unspecified atom stereocenters. The third-order valence-corrected chi connectivity index (χ3v) is 3.48. The van der Waals surface area contributed by atoms with Crippen molar-refractivity contribution in [2.45, 2.75) is 6.54 Å². The van der Waals surface area contributed by atoms with Crippen molar-refractivity contribution in [2.24, 2.45) is 0 Å². The summed E-state index contributed by atoms with van der Waals surface area (Å²) in [7, 11) is 3.14. The molecular weight excluding hydrogens is 325 g/mol. The van der Waals surface area contributed by atoms with Crippen molar-refractivity contribution in [1.29, 1.82) is 0 Å². The van der Waals surface area contributed by atoms with Gasteiger partial charge in [-0.15, -0.1) is 0 Å². The summed E-state index contributed by atoms with van der Waals surface area (Å²) in [6.07, 6.45) is 0. The molecule has 0 saturated carbocycles. The van der Waals surface area contributed by atoms with Gasteiger partial charge in [0.1, 0.15) is 17.3 Å². The van der Waals surface area contributed by atoms with Gasteiger partial charge in [0.05, 0.1) is 24.4 Å². The molecule has 0 aliphatic heterocycles. The molecule has 0 fully saturated rings. The first-order chi connectivity index (χ1) is 9.63. The number of benzene rings is 2. The van der Waals surface area contributed by atoms with Crippen molar-refractivity contribution >= 4 is 21.6 Å². The van der Waals surface area contributed by atoms with E-state index >= 15 is 0 Å². The highest BCUT2D eigenvalue weighted by Crippen LogP contribution is 2.28. The number of methoxy groups -OCH3 is 2. The van der Waals surface area contributed by atoms with Crippen molar-refractivity contribution in [3.8, 4) is 11.5 Å². The van der Waals surface area contributed by atoms with Crippen LogP contribution in [0, 0.1) is 5.82 Å². The average molecular weight is 340 g/mol. The minimum absolute atomic E-state index is 0.320. The van der Waals surface area contributed by atoms with Crippen molar-refractivity contribution in [2.75, 3.05) is 19.5 Å². The number of hydrogen-bond donors (Lipinski definition) is 1. The summed E-state index contributed by atoms with van der Waals surface area (Å²) in [5, 5.41) is 3.22. The molecule has 0 spiro atoms. The molecule has 2 aromatic carbocycles. The van der Waals surface area contributed by atoms with Gasteiger partial charge in [-0.3, -0.25) is 0 Å². The summed E-state index contributed by atoms with van der Waals surface area (Å²) < 4.78 is 24.3. The molecule has 2 aromatic rings. The first kappa shape index (κ1) is 14.7. The Morgan fingerprint density at radius 3 is 2.45 bits per heavy atom. The molecule has 0 bridgehead atoms. The third-order valence-electron chi connectivity index (χ3n) is 2.86. The van der Waals surface area contributed by atoms with Crippen molar-refractivity contribution in [3.05, 3.63) is 52.3 Å². The lowest BCUT2D eigenvalue weighted by atomic mass is 10.2. The van der Waals surface area contributed by atoms with Crippen molar-refractivity contribution in [3.63, 3.8) is 0 Å². The fraction of sp³-hybridized carbons (Fsp3) is 0.200. The smallest absolute Gasteiger partial charge is 0.144 e. The van der Waals surface area contributed by atoms with E-state index < -0.39 is 0 Å².